The van der Waals surface area contributed by atoms with E-state index in [0.717, 1.165) is 30.7 Å². The zero-order chi connectivity index (χ0) is 14.8. The highest BCUT2D eigenvalue weighted by Crippen LogP contribution is 2.24. The Morgan fingerprint density at radius 2 is 2.10 bits per heavy atom. The molecule has 2 N–H and O–H groups in total. The van der Waals surface area contributed by atoms with Crippen LogP contribution < -0.4 is 9.46 Å². The molecule has 0 saturated carbocycles. The lowest BCUT2D eigenvalue weighted by atomic mass is 10.3. The summed E-state index contributed by atoms with van der Waals surface area (Å²) in [5.41, 5.74) is -0.140. The van der Waals surface area contributed by atoms with Gasteiger partial charge in [-0.25, -0.2) is 9.37 Å². The van der Waals surface area contributed by atoms with Crippen LogP contribution in [0.3, 0.4) is 0 Å². The lowest BCUT2D eigenvalue weighted by Crippen LogP contribution is -2.13. The van der Waals surface area contributed by atoms with Crippen molar-refractivity contribution in [3.05, 3.63) is 36.5 Å². The maximum atomic E-state index is 13.4. The van der Waals surface area contributed by atoms with Crippen LogP contribution in [0.5, 0.6) is 5.75 Å². The number of alkyl halides is 2. The van der Waals surface area contributed by atoms with Crippen molar-refractivity contribution < 1.29 is 26.3 Å². The van der Waals surface area contributed by atoms with Crippen LogP contribution in [0.1, 0.15) is 0 Å². The predicted molar refractivity (Wildman–Crippen MR) is 62.4 cm³/mol. The number of benzene rings is 1. The molecule has 2 aromatic rings. The lowest BCUT2D eigenvalue weighted by molar-refractivity contribution is -0.0521. The fourth-order valence-corrected chi connectivity index (χ4v) is 2.31. The molecule has 108 valence electrons. The SMILES string of the molecule is O=S(=O)(Nc1ccc(OC(F)F)c(F)c1)c1cnc[nH]1. The van der Waals surface area contributed by atoms with Gasteiger partial charge in [0, 0.05) is 6.07 Å². The first-order chi connectivity index (χ1) is 9.38. The normalized spacial score (nSPS) is 11.6. The Morgan fingerprint density at radius 3 is 2.65 bits per heavy atom. The average molecular weight is 307 g/mol. The Labute approximate surface area is 111 Å². The summed E-state index contributed by atoms with van der Waals surface area (Å²) in [6.45, 7) is -3.17. The number of aromatic amines is 1. The summed E-state index contributed by atoms with van der Waals surface area (Å²) in [4.78, 5) is 5.91. The highest BCUT2D eigenvalue weighted by molar-refractivity contribution is 7.92. The van der Waals surface area contributed by atoms with Crippen molar-refractivity contribution >= 4 is 15.7 Å². The molecule has 2 rings (SSSR count). The molecular weight excluding hydrogens is 299 g/mol. The Balaban J connectivity index is 2.21. The molecule has 0 aliphatic rings. The third-order valence-electron chi connectivity index (χ3n) is 2.16. The molecule has 0 unspecified atom stereocenters. The average Bonchev–Trinajstić information content (AvgIpc) is 2.86. The number of imidazole rings is 1. The van der Waals surface area contributed by atoms with E-state index in [4.69, 9.17) is 0 Å². The van der Waals surface area contributed by atoms with E-state index in [1.807, 2.05) is 0 Å². The topological polar surface area (TPSA) is 84.1 Å². The number of halogens is 3. The Bertz CT molecular complexity index is 689. The van der Waals surface area contributed by atoms with E-state index in [-0.39, 0.29) is 10.7 Å². The van der Waals surface area contributed by atoms with Crippen molar-refractivity contribution in [3.63, 3.8) is 0 Å². The molecule has 0 atom stereocenters. The Morgan fingerprint density at radius 1 is 1.35 bits per heavy atom. The van der Waals surface area contributed by atoms with Crippen molar-refractivity contribution in [2.24, 2.45) is 0 Å². The van der Waals surface area contributed by atoms with Gasteiger partial charge in [-0.05, 0) is 12.1 Å². The monoisotopic (exact) mass is 307 g/mol. The maximum Gasteiger partial charge on any atom is 0.387 e. The van der Waals surface area contributed by atoms with E-state index < -0.39 is 28.2 Å². The minimum atomic E-state index is -3.95. The lowest BCUT2D eigenvalue weighted by Gasteiger charge is -2.09. The first kappa shape index (κ1) is 14.2. The highest BCUT2D eigenvalue weighted by Gasteiger charge is 2.17. The van der Waals surface area contributed by atoms with Gasteiger partial charge in [-0.2, -0.15) is 17.2 Å². The number of ether oxygens (including phenoxy) is 1. The van der Waals surface area contributed by atoms with Gasteiger partial charge >= 0.3 is 6.61 Å². The van der Waals surface area contributed by atoms with Crippen LogP contribution in [-0.2, 0) is 10.0 Å². The summed E-state index contributed by atoms with van der Waals surface area (Å²) in [6.07, 6.45) is 2.22. The van der Waals surface area contributed by atoms with Crippen LogP contribution >= 0.6 is 0 Å². The van der Waals surface area contributed by atoms with Crippen LogP contribution in [0.2, 0.25) is 0 Å². The van der Waals surface area contributed by atoms with Crippen molar-refractivity contribution in [2.45, 2.75) is 11.6 Å². The van der Waals surface area contributed by atoms with Gasteiger partial charge in [0.15, 0.2) is 16.6 Å². The summed E-state index contributed by atoms with van der Waals surface area (Å²) in [6, 6.07) is 2.71. The first-order valence-electron chi connectivity index (χ1n) is 5.14. The maximum absolute atomic E-state index is 13.4. The van der Waals surface area contributed by atoms with Gasteiger partial charge < -0.3 is 9.72 Å². The van der Waals surface area contributed by atoms with Gasteiger partial charge in [-0.3, -0.25) is 4.72 Å². The standard InChI is InChI=1S/C10H8F3N3O3S/c11-7-3-6(1-2-8(7)19-10(12)13)16-20(17,18)9-4-14-5-15-9/h1-5,10,16H,(H,14,15). The zero-order valence-electron chi connectivity index (χ0n) is 9.68. The van der Waals surface area contributed by atoms with Gasteiger partial charge in [-0.1, -0.05) is 0 Å². The number of aromatic nitrogens is 2. The van der Waals surface area contributed by atoms with Crippen LogP contribution in [-0.4, -0.2) is 25.0 Å². The van der Waals surface area contributed by atoms with Crippen LogP contribution in [0, 0.1) is 5.82 Å². The predicted octanol–water partition coefficient (Wildman–Crippen LogP) is 1.95. The number of nitrogens with zero attached hydrogens (tertiary/aromatic N) is 1. The molecule has 0 bridgehead atoms. The number of sulfonamides is 1. The molecular formula is C10H8F3N3O3S. The molecule has 0 spiro atoms. The van der Waals surface area contributed by atoms with Crippen molar-refractivity contribution in [3.8, 4) is 5.75 Å². The van der Waals surface area contributed by atoms with E-state index in [2.05, 4.69) is 19.4 Å². The Kier molecular flexibility index (Phi) is 3.84. The quantitative estimate of drug-likeness (QED) is 0.884. The molecule has 1 aromatic heterocycles. The smallest absolute Gasteiger partial charge is 0.387 e. The second kappa shape index (κ2) is 5.41. The summed E-state index contributed by atoms with van der Waals surface area (Å²) in [5.74, 6) is -1.79. The zero-order valence-corrected chi connectivity index (χ0v) is 10.5. The summed E-state index contributed by atoms with van der Waals surface area (Å²) in [7, 11) is -3.95. The molecule has 0 aliphatic carbocycles. The highest BCUT2D eigenvalue weighted by atomic mass is 32.2. The number of anilines is 1. The molecule has 20 heavy (non-hydrogen) atoms. The molecule has 0 amide bonds. The molecule has 0 saturated heterocycles. The summed E-state index contributed by atoms with van der Waals surface area (Å²) in [5, 5.41) is -0.217. The summed E-state index contributed by atoms with van der Waals surface area (Å²) >= 11 is 0. The fourth-order valence-electron chi connectivity index (χ4n) is 1.36. The van der Waals surface area contributed by atoms with E-state index in [1.165, 1.54) is 0 Å². The van der Waals surface area contributed by atoms with Crippen LogP contribution in [0.4, 0.5) is 18.9 Å². The molecule has 0 radical (unpaired) electrons. The van der Waals surface area contributed by atoms with Gasteiger partial charge in [0.1, 0.15) is 0 Å². The Hall–Kier alpha value is -2.23. The second-order valence-electron chi connectivity index (χ2n) is 3.55. The third-order valence-corrected chi connectivity index (χ3v) is 3.47. The van der Waals surface area contributed by atoms with Crippen molar-refractivity contribution in [2.75, 3.05) is 4.72 Å². The van der Waals surface area contributed by atoms with E-state index in [1.54, 1.807) is 0 Å². The molecule has 6 nitrogen and oxygen atoms in total. The van der Waals surface area contributed by atoms with Gasteiger partial charge in [0.2, 0.25) is 0 Å². The number of hydrogen-bond donors (Lipinski definition) is 2. The summed E-state index contributed by atoms with van der Waals surface area (Å²) < 4.78 is 66.8. The third kappa shape index (κ3) is 3.20. The molecule has 10 heteroatoms. The number of H-pyrrole nitrogens is 1. The van der Waals surface area contributed by atoms with Crippen LogP contribution in [0.15, 0.2) is 35.7 Å². The van der Waals surface area contributed by atoms with Crippen molar-refractivity contribution in [1.29, 1.82) is 0 Å². The minimum absolute atomic E-state index is 0.140. The molecule has 1 aromatic carbocycles. The number of nitrogens with one attached hydrogen (secondary N) is 2. The first-order valence-corrected chi connectivity index (χ1v) is 6.62. The van der Waals surface area contributed by atoms with Crippen molar-refractivity contribution in [1.82, 2.24) is 9.97 Å². The number of rotatable bonds is 5. The van der Waals surface area contributed by atoms with Gasteiger partial charge in [-0.15, -0.1) is 0 Å². The van der Waals surface area contributed by atoms with Crippen LogP contribution in [0.25, 0.3) is 0 Å². The minimum Gasteiger partial charge on any atom is -0.432 e. The van der Waals surface area contributed by atoms with E-state index in [0.29, 0.717) is 0 Å². The van der Waals surface area contributed by atoms with Gasteiger partial charge in [0.05, 0.1) is 18.2 Å². The second-order valence-corrected chi connectivity index (χ2v) is 5.20. The molecule has 0 fully saturated rings. The molecule has 1 heterocycles. The molecule has 0 aliphatic heterocycles. The largest absolute Gasteiger partial charge is 0.432 e. The van der Waals surface area contributed by atoms with E-state index in [9.17, 15) is 21.6 Å². The van der Waals surface area contributed by atoms with E-state index >= 15 is 0 Å². The van der Waals surface area contributed by atoms with Gasteiger partial charge in [0.25, 0.3) is 10.0 Å². The number of hydrogen-bond acceptors (Lipinski definition) is 4. The fraction of sp³-hybridized carbons (Fsp3) is 0.100.